The van der Waals surface area contributed by atoms with Gasteiger partial charge in [-0.1, -0.05) is 37.6 Å². The van der Waals surface area contributed by atoms with Crippen molar-refractivity contribution in [2.45, 2.75) is 58.8 Å². The number of aryl methyl sites for hydroxylation is 1. The molecule has 3 saturated carbocycles. The molecule has 32 heavy (non-hydrogen) atoms. The molecule has 4 aliphatic carbocycles. The van der Waals surface area contributed by atoms with Crippen molar-refractivity contribution in [1.29, 1.82) is 0 Å². The van der Waals surface area contributed by atoms with Crippen molar-refractivity contribution < 1.29 is 14.5 Å². The Balaban J connectivity index is 1.45. The van der Waals surface area contributed by atoms with Gasteiger partial charge in [0.15, 0.2) is 5.78 Å². The van der Waals surface area contributed by atoms with E-state index in [9.17, 15) is 19.7 Å². The second-order valence-corrected chi connectivity index (χ2v) is 10.8. The number of allylic oxidation sites excluding steroid dienone is 4. The number of fused-ring (bicyclic) bond motifs is 5. The fraction of sp³-hybridized carbons (Fsp3) is 0.556. The molecule has 1 aromatic carbocycles. The van der Waals surface area contributed by atoms with E-state index in [1.54, 1.807) is 18.2 Å². The summed E-state index contributed by atoms with van der Waals surface area (Å²) in [6.07, 6.45) is 12.2. The number of ketones is 2. The number of hydrogen-bond acceptors (Lipinski definition) is 4. The van der Waals surface area contributed by atoms with Crippen LogP contribution < -0.4 is 0 Å². The summed E-state index contributed by atoms with van der Waals surface area (Å²) in [5.41, 5.74) is 2.20. The minimum atomic E-state index is -0.365. The highest BCUT2D eigenvalue weighted by Crippen LogP contribution is 2.65. The number of Topliss-reactive ketones (excluding diaryl/α,β-unsaturated/α-hetero) is 1. The van der Waals surface area contributed by atoms with Crippen molar-refractivity contribution in [2.24, 2.45) is 34.5 Å². The van der Waals surface area contributed by atoms with Crippen LogP contribution in [0.4, 0.5) is 5.69 Å². The lowest BCUT2D eigenvalue weighted by Crippen LogP contribution is -2.53. The van der Waals surface area contributed by atoms with E-state index in [-0.39, 0.29) is 27.2 Å². The van der Waals surface area contributed by atoms with Crippen molar-refractivity contribution in [3.05, 3.63) is 63.7 Å². The summed E-state index contributed by atoms with van der Waals surface area (Å²) in [6.45, 7) is 4.50. The molecule has 0 aliphatic heterocycles. The van der Waals surface area contributed by atoms with Crippen LogP contribution in [-0.4, -0.2) is 16.5 Å². The highest BCUT2D eigenvalue weighted by Gasteiger charge is 2.60. The van der Waals surface area contributed by atoms with Crippen LogP contribution in [0.1, 0.15) is 57.9 Å². The third kappa shape index (κ3) is 3.20. The molecule has 1 aromatic rings. The van der Waals surface area contributed by atoms with Gasteiger partial charge in [-0.2, -0.15) is 0 Å². The first kappa shape index (κ1) is 21.3. The number of nitro groups is 1. The molecule has 6 atom stereocenters. The fourth-order valence-electron chi connectivity index (χ4n) is 7.55. The molecule has 0 radical (unpaired) electrons. The first-order valence-corrected chi connectivity index (χ1v) is 11.9. The number of nitro benzene ring substituents is 1. The third-order valence-corrected chi connectivity index (χ3v) is 9.39. The molecule has 0 heterocycles. The Morgan fingerprint density at radius 1 is 1.09 bits per heavy atom. The first-order chi connectivity index (χ1) is 15.2. The summed E-state index contributed by atoms with van der Waals surface area (Å²) < 4.78 is 0. The number of non-ortho nitro benzene ring substituents is 1. The van der Waals surface area contributed by atoms with Crippen molar-refractivity contribution in [2.75, 3.05) is 0 Å². The van der Waals surface area contributed by atoms with E-state index >= 15 is 0 Å². The van der Waals surface area contributed by atoms with E-state index in [1.807, 2.05) is 18.2 Å². The normalized spacial score (nSPS) is 38.0. The zero-order chi connectivity index (χ0) is 22.7. The average Bonchev–Trinajstić information content (AvgIpc) is 3.07. The molecular formula is C27H31NO4. The molecule has 0 unspecified atom stereocenters. The molecule has 5 rings (SSSR count). The van der Waals surface area contributed by atoms with Crippen LogP contribution in [0.3, 0.4) is 0 Å². The maximum absolute atomic E-state index is 12.9. The molecule has 3 fully saturated rings. The first-order valence-electron chi connectivity index (χ1n) is 11.9. The zero-order valence-electron chi connectivity index (χ0n) is 18.9. The number of nitrogens with zero attached hydrogens (tertiary/aromatic N) is 1. The van der Waals surface area contributed by atoms with Gasteiger partial charge < -0.3 is 0 Å². The third-order valence-electron chi connectivity index (χ3n) is 9.39. The van der Waals surface area contributed by atoms with E-state index in [4.69, 9.17) is 0 Å². The summed E-state index contributed by atoms with van der Waals surface area (Å²) in [5, 5.41) is 11.0. The van der Waals surface area contributed by atoms with Gasteiger partial charge in [-0.3, -0.25) is 19.7 Å². The smallest absolute Gasteiger partial charge is 0.269 e. The second kappa shape index (κ2) is 7.50. The Morgan fingerprint density at radius 3 is 2.56 bits per heavy atom. The number of hydrogen-bond donors (Lipinski definition) is 0. The summed E-state index contributed by atoms with van der Waals surface area (Å²) >= 11 is 0. The summed E-state index contributed by atoms with van der Waals surface area (Å²) in [4.78, 5) is 35.7. The Hall–Kier alpha value is -2.56. The number of carbonyl (C=O) groups excluding carboxylic acids is 2. The van der Waals surface area contributed by atoms with Crippen molar-refractivity contribution in [3.63, 3.8) is 0 Å². The van der Waals surface area contributed by atoms with E-state index in [2.05, 4.69) is 19.9 Å². The van der Waals surface area contributed by atoms with Gasteiger partial charge in [0.2, 0.25) is 0 Å². The average molecular weight is 434 g/mol. The molecule has 0 aromatic heterocycles. The molecule has 5 heteroatoms. The van der Waals surface area contributed by atoms with Gasteiger partial charge in [-0.15, -0.1) is 0 Å². The Labute approximate surface area is 189 Å². The molecule has 4 aliphatic rings. The fourth-order valence-corrected chi connectivity index (χ4v) is 7.55. The maximum Gasteiger partial charge on any atom is 0.269 e. The molecular weight excluding hydrogens is 402 g/mol. The summed E-state index contributed by atoms with van der Waals surface area (Å²) in [6, 6.07) is 6.88. The van der Waals surface area contributed by atoms with Gasteiger partial charge >= 0.3 is 0 Å². The quantitative estimate of drug-likeness (QED) is 0.455. The topological polar surface area (TPSA) is 77.3 Å². The molecule has 5 nitrogen and oxygen atoms in total. The predicted molar refractivity (Wildman–Crippen MR) is 122 cm³/mol. The molecule has 0 bridgehead atoms. The zero-order valence-corrected chi connectivity index (χ0v) is 18.9. The molecule has 0 N–H and O–H groups in total. The summed E-state index contributed by atoms with van der Waals surface area (Å²) in [5.74, 6) is 2.29. The van der Waals surface area contributed by atoms with Crippen LogP contribution in [-0.2, 0) is 16.0 Å². The van der Waals surface area contributed by atoms with Gasteiger partial charge in [0.05, 0.1) is 4.92 Å². The Morgan fingerprint density at radius 2 is 1.84 bits per heavy atom. The van der Waals surface area contributed by atoms with Crippen LogP contribution in [0.25, 0.3) is 0 Å². The van der Waals surface area contributed by atoms with E-state index in [0.29, 0.717) is 35.9 Å². The Kier molecular flexibility index (Phi) is 4.99. The Bertz CT molecular complexity index is 1040. The van der Waals surface area contributed by atoms with Gasteiger partial charge in [0.25, 0.3) is 5.69 Å². The molecule has 0 amide bonds. The van der Waals surface area contributed by atoms with E-state index in [0.717, 1.165) is 44.1 Å². The highest BCUT2D eigenvalue weighted by molar-refractivity contribution is 6.01. The van der Waals surface area contributed by atoms with Crippen LogP contribution in [0, 0.1) is 44.6 Å². The minimum Gasteiger partial charge on any atom is -0.299 e. The van der Waals surface area contributed by atoms with Gasteiger partial charge in [-0.05, 0) is 79.9 Å². The molecule has 0 spiro atoms. The highest BCUT2D eigenvalue weighted by atomic mass is 16.6. The van der Waals surface area contributed by atoms with Crippen LogP contribution in [0.2, 0.25) is 0 Å². The van der Waals surface area contributed by atoms with Gasteiger partial charge in [-0.25, -0.2) is 0 Å². The second-order valence-electron chi connectivity index (χ2n) is 10.8. The number of benzene rings is 1. The van der Waals surface area contributed by atoms with Gasteiger partial charge in [0.1, 0.15) is 5.78 Å². The lowest BCUT2D eigenvalue weighted by atomic mass is 9.45. The molecule has 168 valence electrons. The largest absolute Gasteiger partial charge is 0.299 e. The lowest BCUT2D eigenvalue weighted by molar-refractivity contribution is -0.384. The standard InChI is InChI=1S/C27H31NO4/c1-26-13-11-21(29)16-19(26)15-18(6-3-17-4-7-20(8-5-17)28(31)32)25-22-9-10-24(30)27(22,2)14-12-23(25)26/h4-5,7-8,11,13,16,18,22-23,25H,3,6,9-10,12,14-15H2,1-2H3/t18-,22+,23+,25+,26+,27+/m1/s1. The minimum absolute atomic E-state index is 0.0849. The maximum atomic E-state index is 12.9. The van der Waals surface area contributed by atoms with Crippen molar-refractivity contribution in [3.8, 4) is 0 Å². The molecule has 0 saturated heterocycles. The van der Waals surface area contributed by atoms with Crippen molar-refractivity contribution in [1.82, 2.24) is 0 Å². The van der Waals surface area contributed by atoms with Crippen LogP contribution in [0.15, 0.2) is 48.1 Å². The van der Waals surface area contributed by atoms with E-state index < -0.39 is 0 Å². The lowest BCUT2D eigenvalue weighted by Gasteiger charge is -2.58. The van der Waals surface area contributed by atoms with Crippen LogP contribution in [0.5, 0.6) is 0 Å². The van der Waals surface area contributed by atoms with E-state index in [1.165, 1.54) is 5.57 Å². The summed E-state index contributed by atoms with van der Waals surface area (Å²) in [7, 11) is 0. The van der Waals surface area contributed by atoms with Crippen LogP contribution >= 0.6 is 0 Å². The monoisotopic (exact) mass is 433 g/mol. The number of carbonyl (C=O) groups is 2. The van der Waals surface area contributed by atoms with Crippen molar-refractivity contribution >= 4 is 17.3 Å². The SMILES string of the molecule is C[C@]12C=CC(=O)C=C1C[C@@H](CCc1ccc([N+](=O)[O-])cc1)[C@@H]1[C@@H]2CC[C@]2(C)C(=O)CC[C@@H]12. The number of rotatable bonds is 4. The predicted octanol–water partition coefficient (Wildman–Crippen LogP) is 5.63. The van der Waals surface area contributed by atoms with Gasteiger partial charge in [0, 0.05) is 29.4 Å².